The van der Waals surface area contributed by atoms with Crippen LogP contribution >= 0.6 is 0 Å². The van der Waals surface area contributed by atoms with Crippen molar-refractivity contribution in [3.63, 3.8) is 0 Å². The second kappa shape index (κ2) is 10.1. The van der Waals surface area contributed by atoms with Gasteiger partial charge in [0.1, 0.15) is 0 Å². The van der Waals surface area contributed by atoms with Crippen LogP contribution in [-0.4, -0.2) is 50.6 Å². The molecule has 5 nitrogen and oxygen atoms in total. The van der Waals surface area contributed by atoms with Gasteiger partial charge in [0.25, 0.3) is 0 Å². The van der Waals surface area contributed by atoms with Crippen LogP contribution in [0.4, 0.5) is 0 Å². The Morgan fingerprint density at radius 2 is 2.15 bits per heavy atom. The van der Waals surface area contributed by atoms with Crippen molar-refractivity contribution < 1.29 is 19.4 Å². The van der Waals surface area contributed by atoms with Crippen LogP contribution in [-0.2, 0) is 14.3 Å². The van der Waals surface area contributed by atoms with Gasteiger partial charge in [0.05, 0.1) is 19.3 Å². The van der Waals surface area contributed by atoms with Gasteiger partial charge in [-0.25, -0.2) is 0 Å². The summed E-state index contributed by atoms with van der Waals surface area (Å²) in [5, 5.41) is 13.4. The summed E-state index contributed by atoms with van der Waals surface area (Å²) >= 11 is 0. The number of hydrogen-bond donors (Lipinski definition) is 2. The lowest BCUT2D eigenvalue weighted by molar-refractivity contribution is -0.144. The predicted octanol–water partition coefficient (Wildman–Crippen LogP) is 1.34. The van der Waals surface area contributed by atoms with Crippen LogP contribution in [0, 0.1) is 11.8 Å². The second-order valence-corrected chi connectivity index (χ2v) is 5.46. The monoisotopic (exact) mass is 287 g/mol. The van der Waals surface area contributed by atoms with E-state index in [2.05, 4.69) is 5.32 Å². The van der Waals surface area contributed by atoms with Gasteiger partial charge >= 0.3 is 5.97 Å². The van der Waals surface area contributed by atoms with Crippen LogP contribution in [0.2, 0.25) is 0 Å². The fraction of sp³-hybridized carbons (Fsp3) is 0.933. The van der Waals surface area contributed by atoms with E-state index in [0.717, 1.165) is 45.4 Å². The fourth-order valence-electron chi connectivity index (χ4n) is 3.00. The molecule has 3 atom stereocenters. The number of rotatable bonds is 10. The molecule has 2 N–H and O–H groups in total. The molecule has 0 bridgehead atoms. The molecule has 1 aliphatic rings. The molecule has 118 valence electrons. The van der Waals surface area contributed by atoms with Crippen molar-refractivity contribution in [1.29, 1.82) is 0 Å². The summed E-state index contributed by atoms with van der Waals surface area (Å²) in [6, 6.07) is 0. The third-order valence-electron chi connectivity index (χ3n) is 4.04. The van der Waals surface area contributed by atoms with E-state index in [0.29, 0.717) is 13.0 Å². The van der Waals surface area contributed by atoms with E-state index < -0.39 is 0 Å². The minimum atomic E-state index is -0.256. The van der Waals surface area contributed by atoms with Gasteiger partial charge in [0.15, 0.2) is 0 Å². The summed E-state index contributed by atoms with van der Waals surface area (Å²) in [6.45, 7) is 4.76. The molecule has 0 saturated heterocycles. The van der Waals surface area contributed by atoms with Crippen molar-refractivity contribution >= 4 is 5.97 Å². The Hall–Kier alpha value is -0.650. The summed E-state index contributed by atoms with van der Waals surface area (Å²) in [7, 11) is 1.69. The van der Waals surface area contributed by atoms with Crippen LogP contribution < -0.4 is 5.32 Å². The van der Waals surface area contributed by atoms with Gasteiger partial charge in [-0.15, -0.1) is 0 Å². The third-order valence-corrected chi connectivity index (χ3v) is 4.04. The highest BCUT2D eigenvalue weighted by Crippen LogP contribution is 2.37. The fourth-order valence-corrected chi connectivity index (χ4v) is 3.00. The summed E-state index contributed by atoms with van der Waals surface area (Å²) in [4.78, 5) is 11.6. The molecule has 1 saturated carbocycles. The van der Waals surface area contributed by atoms with Crippen molar-refractivity contribution in [2.24, 2.45) is 11.8 Å². The number of esters is 1. The molecule has 0 radical (unpaired) electrons. The number of carbonyl (C=O) groups excluding carboxylic acids is 1. The Bertz CT molecular complexity index is 273. The summed E-state index contributed by atoms with van der Waals surface area (Å²) < 4.78 is 9.98. The first kappa shape index (κ1) is 17.4. The van der Waals surface area contributed by atoms with Crippen LogP contribution in [0.5, 0.6) is 0 Å². The van der Waals surface area contributed by atoms with Crippen molar-refractivity contribution in [2.75, 3.05) is 33.4 Å². The summed E-state index contributed by atoms with van der Waals surface area (Å²) in [6.07, 6.45) is 3.92. The maximum absolute atomic E-state index is 11.6. The molecular weight excluding hydrogens is 258 g/mol. The first-order valence-electron chi connectivity index (χ1n) is 7.72. The zero-order chi connectivity index (χ0) is 14.8. The number of ether oxygens (including phenoxy) is 2. The zero-order valence-corrected chi connectivity index (χ0v) is 12.8. The maximum Gasteiger partial charge on any atom is 0.306 e. The molecule has 1 aliphatic carbocycles. The van der Waals surface area contributed by atoms with Gasteiger partial charge < -0.3 is 19.9 Å². The zero-order valence-electron chi connectivity index (χ0n) is 12.8. The first-order chi connectivity index (χ1) is 9.69. The van der Waals surface area contributed by atoms with E-state index in [1.165, 1.54) is 0 Å². The van der Waals surface area contributed by atoms with Crippen molar-refractivity contribution in [3.8, 4) is 0 Å². The molecule has 0 aromatic heterocycles. The minimum Gasteiger partial charge on any atom is -0.466 e. The highest BCUT2D eigenvalue weighted by Gasteiger charge is 2.35. The summed E-state index contributed by atoms with van der Waals surface area (Å²) in [5.74, 6) is 0.390. The molecule has 1 rings (SSSR count). The van der Waals surface area contributed by atoms with E-state index >= 15 is 0 Å². The third kappa shape index (κ3) is 6.20. The molecule has 0 aromatic rings. The number of methoxy groups -OCH3 is 1. The van der Waals surface area contributed by atoms with Crippen molar-refractivity contribution in [2.45, 2.75) is 45.1 Å². The highest BCUT2D eigenvalue weighted by atomic mass is 16.5. The average molecular weight is 287 g/mol. The smallest absolute Gasteiger partial charge is 0.306 e. The molecule has 5 heteroatoms. The van der Waals surface area contributed by atoms with Gasteiger partial charge in [-0.3, -0.25) is 4.79 Å². The van der Waals surface area contributed by atoms with Crippen LogP contribution in [0.15, 0.2) is 0 Å². The van der Waals surface area contributed by atoms with E-state index in [-0.39, 0.29) is 23.9 Å². The van der Waals surface area contributed by atoms with Gasteiger partial charge in [0, 0.05) is 20.1 Å². The van der Waals surface area contributed by atoms with Crippen LogP contribution in [0.25, 0.3) is 0 Å². The average Bonchev–Trinajstić information content (AvgIpc) is 2.75. The van der Waals surface area contributed by atoms with Gasteiger partial charge in [-0.2, -0.15) is 0 Å². The van der Waals surface area contributed by atoms with Crippen LogP contribution in [0.1, 0.15) is 39.0 Å². The SMILES string of the molecule is CCOC(=O)CC1CCC(O)C1CCCNCCOC. The Morgan fingerprint density at radius 1 is 1.35 bits per heavy atom. The Morgan fingerprint density at radius 3 is 2.85 bits per heavy atom. The van der Waals surface area contributed by atoms with Crippen molar-refractivity contribution in [1.82, 2.24) is 5.32 Å². The predicted molar refractivity (Wildman–Crippen MR) is 77.5 cm³/mol. The van der Waals surface area contributed by atoms with Gasteiger partial charge in [-0.1, -0.05) is 0 Å². The molecular formula is C15H29NO4. The molecule has 0 heterocycles. The molecule has 20 heavy (non-hydrogen) atoms. The lowest BCUT2D eigenvalue weighted by Gasteiger charge is -2.21. The number of carbonyl (C=O) groups is 1. The normalized spacial score (nSPS) is 25.9. The second-order valence-electron chi connectivity index (χ2n) is 5.46. The number of aliphatic hydroxyl groups is 1. The molecule has 0 aliphatic heterocycles. The van der Waals surface area contributed by atoms with E-state index in [1.807, 2.05) is 6.92 Å². The Kier molecular flexibility index (Phi) is 8.82. The molecule has 0 spiro atoms. The van der Waals surface area contributed by atoms with Crippen molar-refractivity contribution in [3.05, 3.63) is 0 Å². The van der Waals surface area contributed by atoms with E-state index in [9.17, 15) is 9.90 Å². The minimum absolute atomic E-state index is 0.130. The van der Waals surface area contributed by atoms with E-state index in [1.54, 1.807) is 7.11 Å². The number of aliphatic hydroxyl groups excluding tert-OH is 1. The summed E-state index contributed by atoms with van der Waals surface area (Å²) in [5.41, 5.74) is 0. The first-order valence-corrected chi connectivity index (χ1v) is 7.72. The van der Waals surface area contributed by atoms with Gasteiger partial charge in [-0.05, 0) is 51.0 Å². The van der Waals surface area contributed by atoms with E-state index in [4.69, 9.17) is 9.47 Å². The molecule has 1 fully saturated rings. The lowest BCUT2D eigenvalue weighted by Crippen LogP contribution is -2.25. The molecule has 3 unspecified atom stereocenters. The number of nitrogens with one attached hydrogen (secondary N) is 1. The number of hydrogen-bond acceptors (Lipinski definition) is 5. The standard InChI is InChI=1S/C15H29NO4/c1-3-20-15(18)11-12-6-7-14(17)13(12)5-4-8-16-9-10-19-2/h12-14,16-17H,3-11H2,1-2H3. The Labute approximate surface area is 122 Å². The maximum atomic E-state index is 11.6. The largest absolute Gasteiger partial charge is 0.466 e. The highest BCUT2D eigenvalue weighted by molar-refractivity contribution is 5.69. The topological polar surface area (TPSA) is 67.8 Å². The Balaban J connectivity index is 2.24. The molecule has 0 aromatic carbocycles. The van der Waals surface area contributed by atoms with Crippen LogP contribution in [0.3, 0.4) is 0 Å². The lowest BCUT2D eigenvalue weighted by atomic mass is 9.88. The molecule has 0 amide bonds. The van der Waals surface area contributed by atoms with Gasteiger partial charge in [0.2, 0.25) is 0 Å². The quantitative estimate of drug-likeness (QED) is 0.469.